The van der Waals surface area contributed by atoms with Crippen LogP contribution in [0.2, 0.25) is 0 Å². The number of nitrogens with one attached hydrogen (secondary N) is 1. The van der Waals surface area contributed by atoms with Gasteiger partial charge in [-0.05, 0) is 62.6 Å². The van der Waals surface area contributed by atoms with E-state index in [9.17, 15) is 13.2 Å². The van der Waals surface area contributed by atoms with Gasteiger partial charge in [-0.25, -0.2) is 17.9 Å². The lowest BCUT2D eigenvalue weighted by Crippen LogP contribution is -2.28. The summed E-state index contributed by atoms with van der Waals surface area (Å²) in [5.74, 6) is 0.414. The lowest BCUT2D eigenvalue weighted by atomic mass is 10.0. The first kappa shape index (κ1) is 24.0. The summed E-state index contributed by atoms with van der Waals surface area (Å²) in [6.45, 7) is 4.85. The van der Waals surface area contributed by atoms with E-state index >= 15 is 0 Å². The molecule has 0 bridgehead atoms. The van der Waals surface area contributed by atoms with E-state index in [1.165, 1.54) is 17.7 Å². The van der Waals surface area contributed by atoms with Gasteiger partial charge in [-0.15, -0.1) is 0 Å². The summed E-state index contributed by atoms with van der Waals surface area (Å²) in [7, 11) is -2.35. The number of nitrogens with zero attached hydrogens (tertiary/aromatic N) is 4. The van der Waals surface area contributed by atoms with E-state index in [2.05, 4.69) is 15.4 Å². The molecule has 0 spiro atoms. The van der Waals surface area contributed by atoms with Crippen LogP contribution in [0.1, 0.15) is 40.5 Å². The monoisotopic (exact) mass is 509 g/mol. The molecule has 11 heteroatoms. The normalized spacial score (nSPS) is 14.4. The minimum Gasteiger partial charge on any atom is -0.495 e. The zero-order chi connectivity index (χ0) is 25.4. The fourth-order valence-corrected chi connectivity index (χ4v) is 6.21. The molecule has 10 nitrogen and oxygen atoms in total. The number of aromatic nitrogens is 3. The summed E-state index contributed by atoms with van der Waals surface area (Å²) < 4.78 is 40.8. The summed E-state index contributed by atoms with van der Waals surface area (Å²) in [5, 5.41) is 7.39. The predicted molar refractivity (Wildman–Crippen MR) is 132 cm³/mol. The minimum absolute atomic E-state index is 0.0510. The molecule has 0 unspecified atom stereocenters. The van der Waals surface area contributed by atoms with Gasteiger partial charge in [0.25, 0.3) is 5.91 Å². The van der Waals surface area contributed by atoms with Gasteiger partial charge in [-0.2, -0.15) is 9.40 Å². The van der Waals surface area contributed by atoms with Crippen molar-refractivity contribution >= 4 is 21.6 Å². The first-order valence-electron chi connectivity index (χ1n) is 11.7. The molecule has 1 aromatic carbocycles. The largest absolute Gasteiger partial charge is 0.495 e. The smallest absolute Gasteiger partial charge is 0.272 e. The molecule has 36 heavy (non-hydrogen) atoms. The third-order valence-corrected chi connectivity index (χ3v) is 8.17. The quantitative estimate of drug-likeness (QED) is 0.406. The molecule has 1 saturated heterocycles. The van der Waals surface area contributed by atoms with Gasteiger partial charge in [-0.1, -0.05) is 6.07 Å². The number of hydrogen-bond donors (Lipinski definition) is 1. The van der Waals surface area contributed by atoms with Crippen LogP contribution >= 0.6 is 0 Å². The number of sulfonamides is 1. The van der Waals surface area contributed by atoms with Crippen LogP contribution in [0, 0.1) is 13.8 Å². The molecule has 5 rings (SSSR count). The van der Waals surface area contributed by atoms with Gasteiger partial charge in [0.1, 0.15) is 16.4 Å². The van der Waals surface area contributed by atoms with Gasteiger partial charge < -0.3 is 14.5 Å². The number of carbonyl (C=O) groups is 1. The Balaban J connectivity index is 1.66. The summed E-state index contributed by atoms with van der Waals surface area (Å²) in [5.41, 5.74) is 3.09. The van der Waals surface area contributed by atoms with Crippen molar-refractivity contribution in [2.75, 3.05) is 20.2 Å². The number of hydrogen-bond acceptors (Lipinski definition) is 7. The van der Waals surface area contributed by atoms with Crippen molar-refractivity contribution in [1.29, 1.82) is 0 Å². The maximum atomic E-state index is 13.5. The Morgan fingerprint density at radius 1 is 1.17 bits per heavy atom. The molecule has 1 aliphatic rings. The van der Waals surface area contributed by atoms with Crippen molar-refractivity contribution in [3.05, 3.63) is 65.5 Å². The molecule has 0 atom stereocenters. The number of carbonyl (C=O) groups excluding carboxylic acids is 1. The molecular formula is C25H27N5O5S. The van der Waals surface area contributed by atoms with Crippen molar-refractivity contribution in [1.82, 2.24) is 24.2 Å². The first-order valence-corrected chi connectivity index (χ1v) is 13.1. The Bertz CT molecular complexity index is 1540. The van der Waals surface area contributed by atoms with E-state index in [1.807, 2.05) is 19.9 Å². The Morgan fingerprint density at radius 2 is 1.94 bits per heavy atom. The number of ether oxygens (including phenoxy) is 1. The lowest BCUT2D eigenvalue weighted by molar-refractivity contribution is 0.0943. The van der Waals surface area contributed by atoms with Crippen molar-refractivity contribution in [3.8, 4) is 16.9 Å². The molecule has 188 valence electrons. The Hall–Kier alpha value is -3.70. The highest BCUT2D eigenvalue weighted by Crippen LogP contribution is 2.36. The Labute approximate surface area is 208 Å². The number of aryl methyl sites for hydroxylation is 2. The van der Waals surface area contributed by atoms with Crippen LogP contribution in [-0.2, 0) is 16.6 Å². The summed E-state index contributed by atoms with van der Waals surface area (Å²) in [6.07, 6.45) is 3.17. The minimum atomic E-state index is -3.79. The van der Waals surface area contributed by atoms with Gasteiger partial charge in [0, 0.05) is 24.5 Å². The fourth-order valence-electron chi connectivity index (χ4n) is 4.51. The fraction of sp³-hybridized carbons (Fsp3) is 0.320. The molecule has 1 aliphatic heterocycles. The summed E-state index contributed by atoms with van der Waals surface area (Å²) in [4.78, 5) is 18.0. The van der Waals surface area contributed by atoms with E-state index in [0.29, 0.717) is 35.6 Å². The van der Waals surface area contributed by atoms with Crippen LogP contribution in [-0.4, -0.2) is 53.4 Å². The maximum Gasteiger partial charge on any atom is 0.272 e. The number of amides is 1. The molecule has 1 fully saturated rings. The zero-order valence-corrected chi connectivity index (χ0v) is 21.1. The number of fused-ring (bicyclic) bond motifs is 1. The predicted octanol–water partition coefficient (Wildman–Crippen LogP) is 3.33. The van der Waals surface area contributed by atoms with E-state index < -0.39 is 15.9 Å². The topological polar surface area (TPSA) is 119 Å². The zero-order valence-electron chi connectivity index (χ0n) is 20.3. The van der Waals surface area contributed by atoms with Crippen LogP contribution in [0.4, 0.5) is 0 Å². The van der Waals surface area contributed by atoms with E-state index in [0.717, 1.165) is 24.2 Å². The Morgan fingerprint density at radius 3 is 2.64 bits per heavy atom. The third-order valence-electron chi connectivity index (χ3n) is 6.25. The lowest BCUT2D eigenvalue weighted by Gasteiger charge is -2.18. The van der Waals surface area contributed by atoms with Crippen LogP contribution in [0.5, 0.6) is 5.75 Å². The number of benzene rings is 1. The van der Waals surface area contributed by atoms with Gasteiger partial charge in [0.15, 0.2) is 11.3 Å². The molecule has 3 aromatic heterocycles. The van der Waals surface area contributed by atoms with Crippen molar-refractivity contribution in [2.45, 2.75) is 38.1 Å². The molecule has 0 saturated carbocycles. The average molecular weight is 510 g/mol. The van der Waals surface area contributed by atoms with Gasteiger partial charge in [-0.3, -0.25) is 4.79 Å². The van der Waals surface area contributed by atoms with Crippen molar-refractivity contribution in [2.24, 2.45) is 0 Å². The standard InChI is InChI=1S/C25H27N5O5S/c1-16-13-17(2)30-24(27-16)22(23(28-30)25(31)26-15-19-7-6-12-35-19)18-8-9-20(34-3)21(14-18)36(32,33)29-10-4-5-11-29/h6-9,12-14H,4-5,10-11,15H2,1-3H3,(H,26,31). The SMILES string of the molecule is COc1ccc(-c2c(C(=O)NCc3ccco3)nn3c(C)cc(C)nc23)cc1S(=O)(=O)N1CCCC1. The summed E-state index contributed by atoms with van der Waals surface area (Å²) >= 11 is 0. The van der Waals surface area contributed by atoms with Crippen LogP contribution < -0.4 is 10.1 Å². The molecule has 1 N–H and O–H groups in total. The van der Waals surface area contributed by atoms with E-state index in [4.69, 9.17) is 9.15 Å². The van der Waals surface area contributed by atoms with Crippen LogP contribution in [0.25, 0.3) is 16.8 Å². The summed E-state index contributed by atoms with van der Waals surface area (Å²) in [6, 6.07) is 10.3. The highest BCUT2D eigenvalue weighted by molar-refractivity contribution is 7.89. The van der Waals surface area contributed by atoms with Gasteiger partial charge >= 0.3 is 0 Å². The molecule has 0 radical (unpaired) electrons. The average Bonchev–Trinajstić information content (AvgIpc) is 3.63. The second-order valence-electron chi connectivity index (χ2n) is 8.74. The number of furan rings is 1. The molecular weight excluding hydrogens is 482 g/mol. The number of rotatable bonds is 7. The van der Waals surface area contributed by atoms with Gasteiger partial charge in [0.05, 0.1) is 25.5 Å². The highest BCUT2D eigenvalue weighted by Gasteiger charge is 2.31. The molecule has 1 amide bonds. The molecule has 4 heterocycles. The van der Waals surface area contributed by atoms with Crippen molar-refractivity contribution in [3.63, 3.8) is 0 Å². The van der Waals surface area contributed by atoms with E-state index in [1.54, 1.807) is 34.8 Å². The Kier molecular flexibility index (Phi) is 6.27. The van der Waals surface area contributed by atoms with Crippen LogP contribution in [0.3, 0.4) is 0 Å². The van der Waals surface area contributed by atoms with E-state index in [-0.39, 0.29) is 22.9 Å². The highest BCUT2D eigenvalue weighted by atomic mass is 32.2. The second kappa shape index (κ2) is 9.40. The van der Waals surface area contributed by atoms with Crippen LogP contribution in [0.15, 0.2) is 52.0 Å². The number of methoxy groups -OCH3 is 1. The molecule has 0 aliphatic carbocycles. The maximum absolute atomic E-state index is 13.5. The molecule has 4 aromatic rings. The third kappa shape index (κ3) is 4.24. The van der Waals surface area contributed by atoms with Crippen molar-refractivity contribution < 1.29 is 22.4 Å². The second-order valence-corrected chi connectivity index (χ2v) is 10.6. The first-order chi connectivity index (χ1) is 17.3. The van der Waals surface area contributed by atoms with Gasteiger partial charge in [0.2, 0.25) is 10.0 Å².